The predicted octanol–water partition coefficient (Wildman–Crippen LogP) is 3.99. The van der Waals surface area contributed by atoms with Crippen LogP contribution >= 0.6 is 11.3 Å². The van der Waals surface area contributed by atoms with Crippen LogP contribution in [0.25, 0.3) is 10.2 Å². The zero-order chi connectivity index (χ0) is 13.3. The number of hydrogen-bond acceptors (Lipinski definition) is 3. The Morgan fingerprint density at radius 3 is 2.95 bits per heavy atom. The molecule has 1 aromatic carbocycles. The summed E-state index contributed by atoms with van der Waals surface area (Å²) in [5.41, 5.74) is 7.56. The van der Waals surface area contributed by atoms with E-state index in [0.29, 0.717) is 5.41 Å². The van der Waals surface area contributed by atoms with Gasteiger partial charge in [0.2, 0.25) is 0 Å². The Kier molecular flexibility index (Phi) is 3.59. The first kappa shape index (κ1) is 13.1. The highest BCUT2D eigenvalue weighted by molar-refractivity contribution is 7.18. The van der Waals surface area contributed by atoms with Crippen molar-refractivity contribution >= 4 is 21.6 Å². The summed E-state index contributed by atoms with van der Waals surface area (Å²) in [4.78, 5) is 4.78. The summed E-state index contributed by atoms with van der Waals surface area (Å²) in [5, 5.41) is 1.27. The maximum absolute atomic E-state index is 6.10. The molecule has 1 aromatic heterocycles. The fourth-order valence-corrected chi connectivity index (χ4v) is 4.55. The van der Waals surface area contributed by atoms with Gasteiger partial charge >= 0.3 is 0 Å². The summed E-state index contributed by atoms with van der Waals surface area (Å²) >= 11 is 1.84. The third-order valence-corrected chi connectivity index (χ3v) is 5.72. The van der Waals surface area contributed by atoms with Crippen molar-refractivity contribution in [2.75, 3.05) is 6.54 Å². The lowest BCUT2D eigenvalue weighted by Gasteiger charge is -2.26. The lowest BCUT2D eigenvalue weighted by Crippen LogP contribution is -2.30. The topological polar surface area (TPSA) is 38.9 Å². The van der Waals surface area contributed by atoms with Crippen LogP contribution in [0.4, 0.5) is 0 Å². The molecule has 3 heteroatoms. The molecule has 0 spiro atoms. The van der Waals surface area contributed by atoms with E-state index in [0.717, 1.165) is 24.4 Å². The number of nitrogens with two attached hydrogens (primary N) is 1. The van der Waals surface area contributed by atoms with Gasteiger partial charge in [0.1, 0.15) is 0 Å². The van der Waals surface area contributed by atoms with Gasteiger partial charge in [-0.1, -0.05) is 25.5 Å². The molecular formula is C16H22N2S. The van der Waals surface area contributed by atoms with E-state index in [2.05, 4.69) is 31.2 Å². The zero-order valence-corrected chi connectivity index (χ0v) is 12.4. The summed E-state index contributed by atoms with van der Waals surface area (Å²) in [6.07, 6.45) is 6.27. The average Bonchev–Trinajstić information content (AvgIpc) is 3.02. The standard InChI is InChI=1S/C16H22N2S/c1-2-12-7-8-16(9-12,11-17)10-15-18-13-5-3-4-6-14(13)19-15/h3-6,12H,2,7-11,17H2,1H3. The second-order valence-corrected chi connectivity index (χ2v) is 7.09. The molecule has 19 heavy (non-hydrogen) atoms. The van der Waals surface area contributed by atoms with E-state index < -0.39 is 0 Å². The first-order valence-corrected chi connectivity index (χ1v) is 8.11. The smallest absolute Gasteiger partial charge is 0.0944 e. The van der Waals surface area contributed by atoms with E-state index in [4.69, 9.17) is 10.7 Å². The summed E-state index contributed by atoms with van der Waals surface area (Å²) in [6.45, 7) is 3.11. The first-order chi connectivity index (χ1) is 9.24. The first-order valence-electron chi connectivity index (χ1n) is 7.29. The predicted molar refractivity (Wildman–Crippen MR) is 82.4 cm³/mol. The summed E-state index contributed by atoms with van der Waals surface area (Å²) in [7, 11) is 0. The van der Waals surface area contributed by atoms with E-state index in [1.54, 1.807) is 0 Å². The van der Waals surface area contributed by atoms with Crippen molar-refractivity contribution in [2.24, 2.45) is 17.1 Å². The highest BCUT2D eigenvalue weighted by Crippen LogP contribution is 2.45. The van der Waals surface area contributed by atoms with Crippen LogP contribution < -0.4 is 5.73 Å². The lowest BCUT2D eigenvalue weighted by atomic mass is 9.82. The van der Waals surface area contributed by atoms with Crippen LogP contribution in [0.2, 0.25) is 0 Å². The molecule has 0 bridgehead atoms. The van der Waals surface area contributed by atoms with Gasteiger partial charge in [-0.3, -0.25) is 0 Å². The molecule has 2 nitrogen and oxygen atoms in total. The Labute approximate surface area is 119 Å². The van der Waals surface area contributed by atoms with Crippen molar-refractivity contribution in [1.82, 2.24) is 4.98 Å². The third-order valence-electron chi connectivity index (χ3n) is 4.68. The number of benzene rings is 1. The second-order valence-electron chi connectivity index (χ2n) is 5.97. The molecule has 0 saturated heterocycles. The van der Waals surface area contributed by atoms with Gasteiger partial charge in [-0.25, -0.2) is 4.98 Å². The highest BCUT2D eigenvalue weighted by atomic mass is 32.1. The molecule has 2 unspecified atom stereocenters. The van der Waals surface area contributed by atoms with E-state index in [1.807, 2.05) is 11.3 Å². The van der Waals surface area contributed by atoms with Crippen LogP contribution in [-0.4, -0.2) is 11.5 Å². The van der Waals surface area contributed by atoms with E-state index >= 15 is 0 Å². The molecule has 2 aromatic rings. The van der Waals surface area contributed by atoms with Gasteiger partial charge in [0.15, 0.2) is 0 Å². The zero-order valence-electron chi connectivity index (χ0n) is 11.6. The van der Waals surface area contributed by atoms with E-state index in [-0.39, 0.29) is 0 Å². The second kappa shape index (κ2) is 5.22. The Morgan fingerprint density at radius 1 is 1.42 bits per heavy atom. The fraction of sp³-hybridized carbons (Fsp3) is 0.562. The molecule has 102 valence electrons. The average molecular weight is 274 g/mol. The molecule has 0 amide bonds. The number of para-hydroxylation sites is 1. The van der Waals surface area contributed by atoms with Gasteiger partial charge in [-0.2, -0.15) is 0 Å². The molecule has 0 radical (unpaired) electrons. The Bertz CT molecular complexity index is 530. The van der Waals surface area contributed by atoms with Crippen molar-refractivity contribution in [1.29, 1.82) is 0 Å². The van der Waals surface area contributed by atoms with Crippen molar-refractivity contribution in [2.45, 2.75) is 39.0 Å². The molecule has 2 atom stereocenters. The minimum atomic E-state index is 0.314. The molecule has 3 rings (SSSR count). The van der Waals surface area contributed by atoms with Crippen molar-refractivity contribution in [3.8, 4) is 0 Å². The van der Waals surface area contributed by atoms with Crippen LogP contribution in [0, 0.1) is 11.3 Å². The van der Waals surface area contributed by atoms with Crippen LogP contribution in [0.3, 0.4) is 0 Å². The summed E-state index contributed by atoms with van der Waals surface area (Å²) in [6, 6.07) is 8.42. The largest absolute Gasteiger partial charge is 0.330 e. The summed E-state index contributed by atoms with van der Waals surface area (Å²) in [5.74, 6) is 0.873. The molecule has 1 saturated carbocycles. The number of nitrogens with zero attached hydrogens (tertiary/aromatic N) is 1. The number of aromatic nitrogens is 1. The van der Waals surface area contributed by atoms with Gasteiger partial charge in [0.05, 0.1) is 15.2 Å². The molecule has 1 heterocycles. The minimum Gasteiger partial charge on any atom is -0.330 e. The minimum absolute atomic E-state index is 0.314. The van der Waals surface area contributed by atoms with Gasteiger partial charge < -0.3 is 5.73 Å². The molecular weight excluding hydrogens is 252 g/mol. The number of fused-ring (bicyclic) bond motifs is 1. The monoisotopic (exact) mass is 274 g/mol. The third kappa shape index (κ3) is 2.54. The molecule has 0 aliphatic heterocycles. The number of rotatable bonds is 4. The molecule has 2 N–H and O–H groups in total. The van der Waals surface area contributed by atoms with Gasteiger partial charge in [-0.15, -0.1) is 11.3 Å². The fourth-order valence-electron chi connectivity index (χ4n) is 3.41. The van der Waals surface area contributed by atoms with Crippen LogP contribution in [0.5, 0.6) is 0 Å². The van der Waals surface area contributed by atoms with Crippen LogP contribution in [0.15, 0.2) is 24.3 Å². The van der Waals surface area contributed by atoms with Crippen molar-refractivity contribution in [3.63, 3.8) is 0 Å². The van der Waals surface area contributed by atoms with Gasteiger partial charge in [0.25, 0.3) is 0 Å². The SMILES string of the molecule is CCC1CCC(CN)(Cc2nc3ccccc3s2)C1. The molecule has 1 fully saturated rings. The van der Waals surface area contributed by atoms with Gasteiger partial charge in [0, 0.05) is 6.42 Å². The Hall–Kier alpha value is -0.930. The van der Waals surface area contributed by atoms with Crippen molar-refractivity contribution < 1.29 is 0 Å². The molecule has 1 aliphatic rings. The lowest BCUT2D eigenvalue weighted by molar-refractivity contribution is 0.290. The maximum atomic E-state index is 6.10. The van der Waals surface area contributed by atoms with E-state index in [1.165, 1.54) is 35.4 Å². The van der Waals surface area contributed by atoms with Crippen LogP contribution in [0.1, 0.15) is 37.6 Å². The number of thiazole rings is 1. The quantitative estimate of drug-likeness (QED) is 0.915. The summed E-state index contributed by atoms with van der Waals surface area (Å²) < 4.78 is 1.30. The highest BCUT2D eigenvalue weighted by Gasteiger charge is 2.38. The Balaban J connectivity index is 1.83. The normalized spacial score (nSPS) is 27.2. The van der Waals surface area contributed by atoms with Crippen molar-refractivity contribution in [3.05, 3.63) is 29.3 Å². The molecule has 1 aliphatic carbocycles. The maximum Gasteiger partial charge on any atom is 0.0944 e. The number of hydrogen-bond donors (Lipinski definition) is 1. The van der Waals surface area contributed by atoms with Gasteiger partial charge in [-0.05, 0) is 49.3 Å². The Morgan fingerprint density at radius 2 is 2.26 bits per heavy atom. The van der Waals surface area contributed by atoms with Crippen LogP contribution in [-0.2, 0) is 6.42 Å². The van der Waals surface area contributed by atoms with E-state index in [9.17, 15) is 0 Å².